The molecule has 0 radical (unpaired) electrons. The van der Waals surface area contributed by atoms with Crippen LogP contribution in [-0.4, -0.2) is 13.6 Å². The lowest BCUT2D eigenvalue weighted by molar-refractivity contribution is 1.08. The summed E-state index contributed by atoms with van der Waals surface area (Å²) in [4.78, 5) is 0. The Balaban J connectivity index is 2.73. The van der Waals surface area contributed by atoms with E-state index >= 15 is 0 Å². The van der Waals surface area contributed by atoms with Gasteiger partial charge >= 0.3 is 0 Å². The summed E-state index contributed by atoms with van der Waals surface area (Å²) in [6, 6.07) is 0. The molecule has 0 spiro atoms. The van der Waals surface area contributed by atoms with Crippen molar-refractivity contribution in [1.29, 1.82) is 0 Å². The summed E-state index contributed by atoms with van der Waals surface area (Å²) in [5, 5.41) is 2.81. The number of rotatable bonds is 2. The zero-order chi connectivity index (χ0) is 4.83. The smallest absolute Gasteiger partial charge is 0.0124 e. The molecule has 0 saturated heterocycles. The average Bonchev–Trinajstić information content (AvgIpc) is 1.61. The van der Waals surface area contributed by atoms with Crippen LogP contribution in [0.25, 0.3) is 0 Å². The lowest BCUT2D eigenvalue weighted by Gasteiger charge is -1.79. The molecule has 0 heterocycles. The Morgan fingerprint density at radius 2 is 2.50 bits per heavy atom. The van der Waals surface area contributed by atoms with Gasteiger partial charge in [-0.15, -0.1) is 0 Å². The molecule has 0 aliphatic rings. The van der Waals surface area contributed by atoms with Crippen LogP contribution in [0.2, 0.25) is 0 Å². The summed E-state index contributed by atoms with van der Waals surface area (Å²) < 4.78 is 0. The lowest BCUT2D eigenvalue weighted by atomic mass is 10.6. The van der Waals surface area contributed by atoms with Crippen molar-refractivity contribution in [2.75, 3.05) is 13.6 Å². The standard InChI is InChI=1S/C4H10N2/c1-6-4-2-3-5/h2,4,6H,3,5H2,1H3. The molecule has 2 heteroatoms. The van der Waals surface area contributed by atoms with Crippen LogP contribution in [0, 0.1) is 0 Å². The van der Waals surface area contributed by atoms with Gasteiger partial charge in [0.2, 0.25) is 0 Å². The highest BCUT2D eigenvalue weighted by molar-refractivity contribution is 4.77. The molecule has 0 amide bonds. The highest BCUT2D eigenvalue weighted by Gasteiger charge is 1.56. The Labute approximate surface area is 38.0 Å². The van der Waals surface area contributed by atoms with Gasteiger partial charge in [-0.3, -0.25) is 0 Å². The maximum atomic E-state index is 5.09. The summed E-state index contributed by atoms with van der Waals surface area (Å²) in [7, 11) is 1.84. The van der Waals surface area contributed by atoms with Gasteiger partial charge in [-0.1, -0.05) is 6.08 Å². The molecule has 0 atom stereocenters. The topological polar surface area (TPSA) is 38.0 Å². The Kier molecular flexibility index (Phi) is 4.12. The van der Waals surface area contributed by atoms with Crippen molar-refractivity contribution in [2.45, 2.75) is 0 Å². The SMILES string of the molecule is CNC=CCN. The third-order valence-corrected chi connectivity index (χ3v) is 0.421. The monoisotopic (exact) mass is 86.1 g/mol. The molecule has 3 N–H and O–H groups in total. The van der Waals surface area contributed by atoms with Crippen LogP contribution in [0.1, 0.15) is 0 Å². The van der Waals surface area contributed by atoms with Gasteiger partial charge in [0.15, 0.2) is 0 Å². The predicted octanol–water partition coefficient (Wildman–Crippen LogP) is -0.322. The molecule has 36 valence electrons. The minimum atomic E-state index is 0.612. The van der Waals surface area contributed by atoms with Gasteiger partial charge in [0.05, 0.1) is 0 Å². The first-order valence-electron chi connectivity index (χ1n) is 1.94. The van der Waals surface area contributed by atoms with Crippen LogP contribution in [0.5, 0.6) is 0 Å². The molecular formula is C4H10N2. The summed E-state index contributed by atoms with van der Waals surface area (Å²) in [6.45, 7) is 0.612. The molecule has 0 aliphatic carbocycles. The van der Waals surface area contributed by atoms with E-state index in [-0.39, 0.29) is 0 Å². The zero-order valence-electron chi connectivity index (χ0n) is 3.94. The minimum absolute atomic E-state index is 0.612. The Morgan fingerprint density at radius 3 is 2.67 bits per heavy atom. The fourth-order valence-electron chi connectivity index (χ4n) is 0.186. The van der Waals surface area contributed by atoms with Crippen molar-refractivity contribution in [1.82, 2.24) is 5.32 Å². The molecule has 0 rings (SSSR count). The fourth-order valence-corrected chi connectivity index (χ4v) is 0.186. The second kappa shape index (κ2) is 4.50. The second-order valence-electron chi connectivity index (χ2n) is 0.927. The molecule has 6 heavy (non-hydrogen) atoms. The highest BCUT2D eigenvalue weighted by atomic mass is 14.8. The highest BCUT2D eigenvalue weighted by Crippen LogP contribution is 1.54. The van der Waals surface area contributed by atoms with E-state index in [9.17, 15) is 0 Å². The van der Waals surface area contributed by atoms with Crippen LogP contribution in [0.3, 0.4) is 0 Å². The number of nitrogens with two attached hydrogens (primary N) is 1. The van der Waals surface area contributed by atoms with Crippen LogP contribution in [-0.2, 0) is 0 Å². The van der Waals surface area contributed by atoms with E-state index < -0.39 is 0 Å². The van der Waals surface area contributed by atoms with Crippen molar-refractivity contribution < 1.29 is 0 Å². The quantitative estimate of drug-likeness (QED) is 0.483. The van der Waals surface area contributed by atoms with Crippen molar-refractivity contribution >= 4 is 0 Å². The van der Waals surface area contributed by atoms with Crippen LogP contribution in [0.4, 0.5) is 0 Å². The minimum Gasteiger partial charge on any atom is -0.394 e. The summed E-state index contributed by atoms with van der Waals surface area (Å²) in [6.07, 6.45) is 3.65. The molecule has 0 aliphatic heterocycles. The van der Waals surface area contributed by atoms with Gasteiger partial charge in [0.25, 0.3) is 0 Å². The molecule has 0 fully saturated rings. The Hall–Kier alpha value is -0.500. The number of hydrogen-bond acceptors (Lipinski definition) is 2. The third-order valence-electron chi connectivity index (χ3n) is 0.421. The van der Waals surface area contributed by atoms with E-state index in [2.05, 4.69) is 5.32 Å². The van der Waals surface area contributed by atoms with Crippen LogP contribution in [0.15, 0.2) is 12.3 Å². The van der Waals surface area contributed by atoms with E-state index in [4.69, 9.17) is 5.73 Å². The second-order valence-corrected chi connectivity index (χ2v) is 0.927. The molecule has 0 aromatic rings. The van der Waals surface area contributed by atoms with Crippen molar-refractivity contribution in [3.8, 4) is 0 Å². The third kappa shape index (κ3) is 3.50. The van der Waals surface area contributed by atoms with Crippen molar-refractivity contribution in [3.05, 3.63) is 12.3 Å². The lowest BCUT2D eigenvalue weighted by Crippen LogP contribution is -1.97. The van der Waals surface area contributed by atoms with Gasteiger partial charge in [-0.05, 0) is 6.20 Å². The van der Waals surface area contributed by atoms with Gasteiger partial charge in [-0.2, -0.15) is 0 Å². The number of nitrogens with one attached hydrogen (secondary N) is 1. The number of hydrogen-bond donors (Lipinski definition) is 2. The van der Waals surface area contributed by atoms with Gasteiger partial charge in [0.1, 0.15) is 0 Å². The fraction of sp³-hybridized carbons (Fsp3) is 0.500. The van der Waals surface area contributed by atoms with Gasteiger partial charge in [-0.25, -0.2) is 0 Å². The van der Waals surface area contributed by atoms with Crippen LogP contribution < -0.4 is 11.1 Å². The van der Waals surface area contributed by atoms with Crippen molar-refractivity contribution in [3.63, 3.8) is 0 Å². The van der Waals surface area contributed by atoms with E-state index in [1.165, 1.54) is 0 Å². The average molecular weight is 86.1 g/mol. The first kappa shape index (κ1) is 5.50. The zero-order valence-corrected chi connectivity index (χ0v) is 3.94. The molecule has 0 bridgehead atoms. The van der Waals surface area contributed by atoms with E-state index in [0.29, 0.717) is 6.54 Å². The summed E-state index contributed by atoms with van der Waals surface area (Å²) in [5.74, 6) is 0. The van der Waals surface area contributed by atoms with E-state index in [0.717, 1.165) is 0 Å². The summed E-state index contributed by atoms with van der Waals surface area (Å²) >= 11 is 0. The summed E-state index contributed by atoms with van der Waals surface area (Å²) in [5.41, 5.74) is 5.09. The largest absolute Gasteiger partial charge is 0.394 e. The normalized spacial score (nSPS) is 9.67. The molecule has 0 unspecified atom stereocenters. The first-order chi connectivity index (χ1) is 2.91. The van der Waals surface area contributed by atoms with Crippen LogP contribution >= 0.6 is 0 Å². The maximum Gasteiger partial charge on any atom is 0.0124 e. The van der Waals surface area contributed by atoms with E-state index in [1.807, 2.05) is 13.1 Å². The van der Waals surface area contributed by atoms with Crippen molar-refractivity contribution in [2.24, 2.45) is 5.73 Å². The Morgan fingerprint density at radius 1 is 1.83 bits per heavy atom. The molecule has 2 nitrogen and oxygen atoms in total. The first-order valence-corrected chi connectivity index (χ1v) is 1.94. The molecular weight excluding hydrogens is 76.1 g/mol. The maximum absolute atomic E-state index is 5.09. The molecule has 0 aromatic carbocycles. The van der Waals surface area contributed by atoms with Gasteiger partial charge in [0, 0.05) is 13.6 Å². The van der Waals surface area contributed by atoms with Gasteiger partial charge < -0.3 is 11.1 Å². The molecule has 0 aromatic heterocycles. The molecule has 0 saturated carbocycles. The Bertz CT molecular complexity index is 34.8. The predicted molar refractivity (Wildman–Crippen MR) is 27.3 cm³/mol. The van der Waals surface area contributed by atoms with E-state index in [1.54, 1.807) is 6.20 Å².